The summed E-state index contributed by atoms with van der Waals surface area (Å²) in [6.45, 7) is 1.98. The molecule has 0 radical (unpaired) electrons. The zero-order chi connectivity index (χ0) is 10.8. The first-order chi connectivity index (χ1) is 7.18. The molecule has 1 aromatic heterocycles. The number of benzene rings is 1. The normalized spacial score (nSPS) is 10.3. The van der Waals surface area contributed by atoms with Crippen LogP contribution in [0.2, 0.25) is 0 Å². The van der Waals surface area contributed by atoms with Crippen LogP contribution in [0.15, 0.2) is 40.8 Å². The highest BCUT2D eigenvalue weighted by molar-refractivity contribution is 6.57. The second-order valence-electron chi connectivity index (χ2n) is 3.39. The number of hydrogen-bond donors (Lipinski definition) is 2. The lowest BCUT2D eigenvalue weighted by atomic mass is 9.88. The summed E-state index contributed by atoms with van der Waals surface area (Å²) in [5, 5.41) is 17.8. The quantitative estimate of drug-likeness (QED) is 0.712. The van der Waals surface area contributed by atoms with Crippen LogP contribution >= 0.6 is 0 Å². The van der Waals surface area contributed by atoms with E-state index in [0.29, 0.717) is 5.76 Å². The van der Waals surface area contributed by atoms with Gasteiger partial charge in [0.15, 0.2) is 0 Å². The van der Waals surface area contributed by atoms with Crippen molar-refractivity contribution in [3.8, 4) is 11.3 Å². The number of hydrogen-bond acceptors (Lipinski definition) is 3. The fourth-order valence-corrected chi connectivity index (χ4v) is 1.49. The van der Waals surface area contributed by atoms with E-state index in [1.165, 1.54) is 0 Å². The second-order valence-corrected chi connectivity index (χ2v) is 3.39. The standard InChI is InChI=1S/C11H11BO3/c1-8-4-2-3-5-9(8)10-6-7-11(15-10)12(13)14/h2-7,13-14H,1H3. The SMILES string of the molecule is Cc1ccccc1-c1ccc(B(O)O)o1. The van der Waals surface area contributed by atoms with Gasteiger partial charge in [-0.3, -0.25) is 0 Å². The molecule has 0 fully saturated rings. The maximum Gasteiger partial charge on any atom is 0.526 e. The van der Waals surface area contributed by atoms with Gasteiger partial charge in [0.25, 0.3) is 0 Å². The summed E-state index contributed by atoms with van der Waals surface area (Å²) in [5.41, 5.74) is 2.21. The number of aryl methyl sites for hydroxylation is 1. The molecule has 0 atom stereocenters. The molecule has 2 N–H and O–H groups in total. The highest BCUT2D eigenvalue weighted by Gasteiger charge is 2.16. The van der Waals surface area contributed by atoms with Gasteiger partial charge in [-0.2, -0.15) is 0 Å². The van der Waals surface area contributed by atoms with E-state index in [1.807, 2.05) is 31.2 Å². The molecule has 0 aliphatic heterocycles. The molecule has 4 heteroatoms. The third-order valence-corrected chi connectivity index (χ3v) is 2.29. The van der Waals surface area contributed by atoms with Gasteiger partial charge in [0.1, 0.15) is 11.4 Å². The lowest BCUT2D eigenvalue weighted by Crippen LogP contribution is -2.27. The largest absolute Gasteiger partial charge is 0.526 e. The Morgan fingerprint density at radius 3 is 2.40 bits per heavy atom. The van der Waals surface area contributed by atoms with Crippen molar-refractivity contribution < 1.29 is 14.5 Å². The molecule has 15 heavy (non-hydrogen) atoms. The number of furan rings is 1. The molecule has 0 saturated heterocycles. The molecule has 76 valence electrons. The Morgan fingerprint density at radius 1 is 1.07 bits per heavy atom. The van der Waals surface area contributed by atoms with Gasteiger partial charge in [-0.25, -0.2) is 0 Å². The molecule has 0 saturated carbocycles. The summed E-state index contributed by atoms with van der Waals surface area (Å²) in [6, 6.07) is 11.1. The first-order valence-corrected chi connectivity index (χ1v) is 4.70. The Labute approximate surface area is 88.1 Å². The van der Waals surface area contributed by atoms with Crippen molar-refractivity contribution in [2.24, 2.45) is 0 Å². The van der Waals surface area contributed by atoms with Crippen LogP contribution < -0.4 is 5.66 Å². The molecule has 1 aromatic carbocycles. The lowest BCUT2D eigenvalue weighted by molar-refractivity contribution is 0.410. The Bertz CT molecular complexity index is 462. The summed E-state index contributed by atoms with van der Waals surface area (Å²) >= 11 is 0. The van der Waals surface area contributed by atoms with Crippen molar-refractivity contribution in [2.45, 2.75) is 6.92 Å². The minimum Gasteiger partial charge on any atom is -0.465 e. The summed E-state index contributed by atoms with van der Waals surface area (Å²) < 4.78 is 5.31. The van der Waals surface area contributed by atoms with E-state index in [0.717, 1.165) is 11.1 Å². The average Bonchev–Trinajstić information content (AvgIpc) is 2.67. The molecule has 0 aliphatic rings. The molecule has 2 rings (SSSR count). The minimum absolute atomic E-state index is 0.160. The number of rotatable bonds is 2. The van der Waals surface area contributed by atoms with Crippen molar-refractivity contribution in [3.05, 3.63) is 42.0 Å². The molecule has 0 amide bonds. The van der Waals surface area contributed by atoms with E-state index in [1.54, 1.807) is 12.1 Å². The van der Waals surface area contributed by atoms with Gasteiger partial charge in [-0.05, 0) is 24.6 Å². The van der Waals surface area contributed by atoms with Gasteiger partial charge in [-0.1, -0.05) is 24.3 Å². The minimum atomic E-state index is -1.55. The van der Waals surface area contributed by atoms with Crippen LogP contribution in [0.5, 0.6) is 0 Å². The van der Waals surface area contributed by atoms with E-state index in [4.69, 9.17) is 14.5 Å². The molecule has 1 heterocycles. The van der Waals surface area contributed by atoms with E-state index in [9.17, 15) is 0 Å². The molecule has 3 nitrogen and oxygen atoms in total. The van der Waals surface area contributed by atoms with Crippen LogP contribution in [0.1, 0.15) is 5.56 Å². The maximum absolute atomic E-state index is 8.92. The first-order valence-electron chi connectivity index (χ1n) is 4.70. The Morgan fingerprint density at radius 2 is 1.80 bits per heavy atom. The molecule has 0 unspecified atom stereocenters. The third-order valence-electron chi connectivity index (χ3n) is 2.29. The Hall–Kier alpha value is -1.52. The first kappa shape index (κ1) is 10.0. The fourth-order valence-electron chi connectivity index (χ4n) is 1.49. The molecule has 0 spiro atoms. The lowest BCUT2D eigenvalue weighted by Gasteiger charge is -2.01. The fraction of sp³-hybridized carbons (Fsp3) is 0.0909. The highest BCUT2D eigenvalue weighted by Crippen LogP contribution is 2.22. The predicted octanol–water partition coefficient (Wildman–Crippen LogP) is 0.935. The van der Waals surface area contributed by atoms with Gasteiger partial charge in [0.2, 0.25) is 0 Å². The Balaban J connectivity index is 2.42. The Kier molecular flexibility index (Phi) is 2.62. The molecular weight excluding hydrogens is 191 g/mol. The smallest absolute Gasteiger partial charge is 0.465 e. The van der Waals surface area contributed by atoms with E-state index in [2.05, 4.69) is 0 Å². The van der Waals surface area contributed by atoms with Crippen molar-refractivity contribution in [3.63, 3.8) is 0 Å². The van der Waals surface area contributed by atoms with Crippen LogP contribution in [-0.4, -0.2) is 17.2 Å². The summed E-state index contributed by atoms with van der Waals surface area (Å²) in [4.78, 5) is 0. The molecule has 2 aromatic rings. The van der Waals surface area contributed by atoms with Crippen molar-refractivity contribution in [1.29, 1.82) is 0 Å². The van der Waals surface area contributed by atoms with Crippen molar-refractivity contribution >= 4 is 12.8 Å². The molecule has 0 bridgehead atoms. The zero-order valence-corrected chi connectivity index (χ0v) is 8.34. The summed E-state index contributed by atoms with van der Waals surface area (Å²) in [6.07, 6.45) is 0. The summed E-state index contributed by atoms with van der Waals surface area (Å²) in [5.74, 6) is 0.649. The highest BCUT2D eigenvalue weighted by atomic mass is 16.4. The van der Waals surface area contributed by atoms with Crippen LogP contribution in [0.25, 0.3) is 11.3 Å². The molecule has 0 aliphatic carbocycles. The summed E-state index contributed by atoms with van der Waals surface area (Å²) in [7, 11) is -1.55. The zero-order valence-electron chi connectivity index (χ0n) is 8.34. The van der Waals surface area contributed by atoms with E-state index in [-0.39, 0.29) is 5.66 Å². The van der Waals surface area contributed by atoms with Crippen molar-refractivity contribution in [1.82, 2.24) is 0 Å². The average molecular weight is 202 g/mol. The van der Waals surface area contributed by atoms with Gasteiger partial charge in [0.05, 0.1) is 0 Å². The maximum atomic E-state index is 8.92. The van der Waals surface area contributed by atoms with Crippen LogP contribution in [-0.2, 0) is 0 Å². The van der Waals surface area contributed by atoms with E-state index < -0.39 is 7.12 Å². The van der Waals surface area contributed by atoms with Gasteiger partial charge in [-0.15, -0.1) is 0 Å². The monoisotopic (exact) mass is 202 g/mol. The van der Waals surface area contributed by atoms with Gasteiger partial charge in [0, 0.05) is 5.56 Å². The van der Waals surface area contributed by atoms with Crippen LogP contribution in [0.3, 0.4) is 0 Å². The van der Waals surface area contributed by atoms with Crippen LogP contribution in [0, 0.1) is 6.92 Å². The predicted molar refractivity (Wildman–Crippen MR) is 58.7 cm³/mol. The van der Waals surface area contributed by atoms with Crippen LogP contribution in [0.4, 0.5) is 0 Å². The van der Waals surface area contributed by atoms with E-state index >= 15 is 0 Å². The van der Waals surface area contributed by atoms with Gasteiger partial charge < -0.3 is 14.5 Å². The molecular formula is C11H11BO3. The third kappa shape index (κ3) is 1.96. The second kappa shape index (κ2) is 3.92. The van der Waals surface area contributed by atoms with Crippen molar-refractivity contribution in [2.75, 3.05) is 0 Å². The van der Waals surface area contributed by atoms with Gasteiger partial charge >= 0.3 is 7.12 Å². The topological polar surface area (TPSA) is 53.6 Å².